The smallest absolute Gasteiger partial charge is 0.229 e. The van der Waals surface area contributed by atoms with Crippen LogP contribution >= 0.6 is 0 Å². The first-order chi connectivity index (χ1) is 10.2. The van der Waals surface area contributed by atoms with Gasteiger partial charge in [0.2, 0.25) is 5.95 Å². The molecule has 5 nitrogen and oxygen atoms in total. The minimum absolute atomic E-state index is 0.266. The summed E-state index contributed by atoms with van der Waals surface area (Å²) in [6.07, 6.45) is 2.85. The predicted molar refractivity (Wildman–Crippen MR) is 81.8 cm³/mol. The third kappa shape index (κ3) is 3.34. The highest BCUT2D eigenvalue weighted by atomic mass is 19.1. The quantitative estimate of drug-likeness (QED) is 0.942. The van der Waals surface area contributed by atoms with E-state index in [1.807, 2.05) is 19.2 Å². The third-order valence-corrected chi connectivity index (χ3v) is 3.17. The Labute approximate surface area is 122 Å². The van der Waals surface area contributed by atoms with E-state index in [1.54, 1.807) is 12.1 Å². The van der Waals surface area contributed by atoms with Gasteiger partial charge in [0.05, 0.1) is 0 Å². The van der Waals surface area contributed by atoms with Crippen LogP contribution < -0.4 is 10.2 Å². The van der Waals surface area contributed by atoms with Gasteiger partial charge in [-0.1, -0.05) is 0 Å². The maximum Gasteiger partial charge on any atom is 0.229 e. The molecule has 0 bridgehead atoms. The maximum absolute atomic E-state index is 12.9. The summed E-state index contributed by atoms with van der Waals surface area (Å²) < 4.78 is 12.9. The lowest BCUT2D eigenvalue weighted by Gasteiger charge is -2.24. The lowest BCUT2D eigenvalue weighted by Crippen LogP contribution is -2.29. The number of hydrogen-bond acceptors (Lipinski definition) is 5. The van der Waals surface area contributed by atoms with Gasteiger partial charge in [0.15, 0.2) is 0 Å². The van der Waals surface area contributed by atoms with Crippen LogP contribution in [-0.2, 0) is 0 Å². The molecular weight excluding hydrogens is 269 g/mol. The molecule has 6 heteroatoms. The molecule has 0 fully saturated rings. The maximum atomic E-state index is 12.9. The fraction of sp³-hybridized carbons (Fsp3) is 0.267. The van der Waals surface area contributed by atoms with E-state index in [1.165, 1.54) is 12.1 Å². The van der Waals surface area contributed by atoms with Gasteiger partial charge >= 0.3 is 0 Å². The SMILES string of the molecule is Cc1cc(N2CCC=NC2)nc(Nc2ccc(F)cc2)n1. The third-order valence-electron chi connectivity index (χ3n) is 3.17. The van der Waals surface area contributed by atoms with Crippen LogP contribution in [0, 0.1) is 12.7 Å². The molecule has 0 atom stereocenters. The number of aliphatic imine (C=N–C) groups is 1. The second-order valence-corrected chi connectivity index (χ2v) is 4.88. The summed E-state index contributed by atoms with van der Waals surface area (Å²) in [5.41, 5.74) is 1.63. The Morgan fingerprint density at radius 1 is 1.19 bits per heavy atom. The molecule has 1 aromatic carbocycles. The highest BCUT2D eigenvalue weighted by Gasteiger charge is 2.12. The van der Waals surface area contributed by atoms with E-state index in [9.17, 15) is 4.39 Å². The second-order valence-electron chi connectivity index (χ2n) is 4.88. The molecule has 0 saturated heterocycles. The number of hydrogen-bond donors (Lipinski definition) is 1. The molecule has 0 saturated carbocycles. The Morgan fingerprint density at radius 2 is 2.00 bits per heavy atom. The van der Waals surface area contributed by atoms with Crippen molar-refractivity contribution in [3.63, 3.8) is 0 Å². The van der Waals surface area contributed by atoms with E-state index in [4.69, 9.17) is 0 Å². The van der Waals surface area contributed by atoms with Gasteiger partial charge in [-0.3, -0.25) is 4.99 Å². The lowest BCUT2D eigenvalue weighted by atomic mass is 10.3. The van der Waals surface area contributed by atoms with Gasteiger partial charge in [-0.15, -0.1) is 0 Å². The summed E-state index contributed by atoms with van der Waals surface area (Å²) in [7, 11) is 0. The summed E-state index contributed by atoms with van der Waals surface area (Å²) in [4.78, 5) is 15.2. The fourth-order valence-corrected chi connectivity index (χ4v) is 2.15. The van der Waals surface area contributed by atoms with Crippen LogP contribution in [0.2, 0.25) is 0 Å². The highest BCUT2D eigenvalue weighted by molar-refractivity contribution is 5.61. The molecule has 1 N–H and O–H groups in total. The van der Waals surface area contributed by atoms with Gasteiger partial charge < -0.3 is 10.2 Å². The molecule has 2 aromatic rings. The molecule has 0 unspecified atom stereocenters. The number of anilines is 3. The summed E-state index contributed by atoms with van der Waals surface area (Å²) in [6, 6.07) is 8.06. The fourth-order valence-electron chi connectivity index (χ4n) is 2.15. The largest absolute Gasteiger partial charge is 0.337 e. The summed E-state index contributed by atoms with van der Waals surface area (Å²) in [6.45, 7) is 3.44. The van der Waals surface area contributed by atoms with Gasteiger partial charge in [-0.25, -0.2) is 9.37 Å². The summed E-state index contributed by atoms with van der Waals surface area (Å²) in [5, 5.41) is 3.10. The first-order valence-corrected chi connectivity index (χ1v) is 6.82. The van der Waals surface area contributed by atoms with Crippen LogP contribution in [-0.4, -0.2) is 29.4 Å². The monoisotopic (exact) mass is 285 g/mol. The van der Waals surface area contributed by atoms with Crippen LogP contribution in [0.25, 0.3) is 0 Å². The zero-order valence-corrected chi connectivity index (χ0v) is 11.8. The van der Waals surface area contributed by atoms with Crippen LogP contribution in [0.4, 0.5) is 21.8 Å². The molecular formula is C15H16FN5. The molecule has 1 aliphatic heterocycles. The molecule has 0 spiro atoms. The molecule has 3 rings (SSSR count). The van der Waals surface area contributed by atoms with Crippen molar-refractivity contribution < 1.29 is 4.39 Å². The van der Waals surface area contributed by atoms with Crippen molar-refractivity contribution in [3.8, 4) is 0 Å². The molecule has 0 radical (unpaired) electrons. The minimum Gasteiger partial charge on any atom is -0.337 e. The average molecular weight is 285 g/mol. The molecule has 21 heavy (non-hydrogen) atoms. The summed E-state index contributed by atoms with van der Waals surface area (Å²) >= 11 is 0. The van der Waals surface area contributed by atoms with Gasteiger partial charge in [0.25, 0.3) is 0 Å². The number of rotatable bonds is 3. The molecule has 0 aliphatic carbocycles. The molecule has 2 heterocycles. The Balaban J connectivity index is 1.83. The number of halogens is 1. The van der Waals surface area contributed by atoms with Crippen LogP contribution in [0.3, 0.4) is 0 Å². The topological polar surface area (TPSA) is 53.4 Å². The number of nitrogens with one attached hydrogen (secondary N) is 1. The van der Waals surface area contributed by atoms with Crippen LogP contribution in [0.5, 0.6) is 0 Å². The van der Waals surface area contributed by atoms with Crippen molar-refractivity contribution in [1.82, 2.24) is 9.97 Å². The van der Waals surface area contributed by atoms with Gasteiger partial charge in [-0.2, -0.15) is 4.98 Å². The van der Waals surface area contributed by atoms with E-state index in [2.05, 4.69) is 25.2 Å². The van der Waals surface area contributed by atoms with Gasteiger partial charge in [0, 0.05) is 36.6 Å². The Bertz CT molecular complexity index is 654. The van der Waals surface area contributed by atoms with E-state index >= 15 is 0 Å². The Hall–Kier alpha value is -2.50. The average Bonchev–Trinajstić information content (AvgIpc) is 2.50. The Kier molecular flexibility index (Phi) is 3.77. The zero-order chi connectivity index (χ0) is 14.7. The zero-order valence-electron chi connectivity index (χ0n) is 11.8. The second kappa shape index (κ2) is 5.87. The molecule has 0 amide bonds. The first kappa shape index (κ1) is 13.5. The predicted octanol–water partition coefficient (Wildman–Crippen LogP) is 2.91. The van der Waals surface area contributed by atoms with Crippen molar-refractivity contribution in [2.24, 2.45) is 4.99 Å². The minimum atomic E-state index is -0.266. The number of nitrogens with zero attached hydrogens (tertiary/aromatic N) is 4. The summed E-state index contributed by atoms with van der Waals surface area (Å²) in [5.74, 6) is 1.09. The number of aromatic nitrogens is 2. The van der Waals surface area contributed by atoms with Crippen molar-refractivity contribution in [2.75, 3.05) is 23.4 Å². The van der Waals surface area contributed by atoms with E-state index < -0.39 is 0 Å². The van der Waals surface area contributed by atoms with E-state index in [-0.39, 0.29) is 5.82 Å². The van der Waals surface area contributed by atoms with Crippen LogP contribution in [0.1, 0.15) is 12.1 Å². The Morgan fingerprint density at radius 3 is 2.71 bits per heavy atom. The van der Waals surface area contributed by atoms with Crippen LogP contribution in [0.15, 0.2) is 35.3 Å². The standard InChI is InChI=1S/C15H16FN5/c1-11-9-14(21-8-2-7-17-10-21)20-15(18-11)19-13-5-3-12(16)4-6-13/h3-7,9H,2,8,10H2,1H3,(H,18,19,20). The van der Waals surface area contributed by atoms with Gasteiger partial charge in [-0.05, 0) is 31.2 Å². The molecule has 108 valence electrons. The molecule has 1 aromatic heterocycles. The normalized spacial score (nSPS) is 14.3. The molecule has 1 aliphatic rings. The van der Waals surface area contributed by atoms with Crippen molar-refractivity contribution in [3.05, 3.63) is 41.8 Å². The van der Waals surface area contributed by atoms with Crippen molar-refractivity contribution in [2.45, 2.75) is 13.3 Å². The van der Waals surface area contributed by atoms with E-state index in [0.29, 0.717) is 12.6 Å². The van der Waals surface area contributed by atoms with Crippen molar-refractivity contribution >= 4 is 23.7 Å². The number of benzene rings is 1. The number of aryl methyl sites for hydroxylation is 1. The highest BCUT2D eigenvalue weighted by Crippen LogP contribution is 2.19. The first-order valence-electron chi connectivity index (χ1n) is 6.82. The van der Waals surface area contributed by atoms with Crippen molar-refractivity contribution in [1.29, 1.82) is 0 Å². The lowest BCUT2D eigenvalue weighted by molar-refractivity contribution is 0.628. The van der Waals surface area contributed by atoms with Gasteiger partial charge in [0.1, 0.15) is 18.3 Å². The van der Waals surface area contributed by atoms with E-state index in [0.717, 1.165) is 30.2 Å².